The van der Waals surface area contributed by atoms with E-state index in [-0.39, 0.29) is 29.6 Å². The van der Waals surface area contributed by atoms with Gasteiger partial charge in [-0.1, -0.05) is 13.0 Å². The first-order valence-electron chi connectivity index (χ1n) is 7.39. The topological polar surface area (TPSA) is 92.6 Å². The van der Waals surface area contributed by atoms with Crippen molar-refractivity contribution in [1.82, 2.24) is 0 Å². The molecule has 1 saturated heterocycles. The molecule has 0 bridgehead atoms. The monoisotopic (exact) mass is 345 g/mol. The van der Waals surface area contributed by atoms with Crippen LogP contribution in [0.2, 0.25) is 0 Å². The Morgan fingerprint density at radius 2 is 2.17 bits per heavy atom. The van der Waals surface area contributed by atoms with Crippen molar-refractivity contribution in [1.29, 1.82) is 0 Å². The summed E-state index contributed by atoms with van der Waals surface area (Å²) in [5.41, 5.74) is 0.427. The Morgan fingerprint density at radius 1 is 1.38 bits per heavy atom. The lowest BCUT2D eigenvalue weighted by Gasteiger charge is -2.15. The van der Waals surface area contributed by atoms with Crippen LogP contribution in [-0.4, -0.2) is 16.7 Å². The number of anilines is 2. The van der Waals surface area contributed by atoms with Gasteiger partial charge in [-0.3, -0.25) is 24.6 Å². The summed E-state index contributed by atoms with van der Waals surface area (Å²) in [5, 5.41) is 16.3. The molecule has 8 heteroatoms. The zero-order valence-electron chi connectivity index (χ0n) is 12.9. The molecular formula is C16H15N3O4S. The van der Waals surface area contributed by atoms with Crippen LogP contribution in [0.15, 0.2) is 35.7 Å². The fourth-order valence-electron chi connectivity index (χ4n) is 2.61. The second-order valence-corrected chi connectivity index (χ2v) is 6.60. The number of rotatable bonds is 5. The minimum absolute atomic E-state index is 0.130. The van der Waals surface area contributed by atoms with Gasteiger partial charge in [0.05, 0.1) is 10.6 Å². The van der Waals surface area contributed by atoms with Crippen LogP contribution in [-0.2, 0) is 16.1 Å². The van der Waals surface area contributed by atoms with Crippen molar-refractivity contribution in [2.45, 2.75) is 19.9 Å². The van der Waals surface area contributed by atoms with Gasteiger partial charge in [-0.05, 0) is 23.6 Å². The molecule has 0 unspecified atom stereocenters. The molecule has 1 aliphatic heterocycles. The Bertz CT molecular complexity index is 804. The predicted molar refractivity (Wildman–Crippen MR) is 91.0 cm³/mol. The Kier molecular flexibility index (Phi) is 4.30. The molecular weight excluding hydrogens is 330 g/mol. The third-order valence-electron chi connectivity index (χ3n) is 3.84. The number of amides is 2. The van der Waals surface area contributed by atoms with Crippen molar-refractivity contribution in [3.63, 3.8) is 0 Å². The molecule has 1 N–H and O–H groups in total. The molecule has 1 fully saturated rings. The SMILES string of the molecule is C[C@H]1CC(=O)N(c2ccc(NCc3cccs3)c([N+](=O)[O-])c2)C1=O. The minimum Gasteiger partial charge on any atom is -0.375 e. The standard InChI is InChI=1S/C16H15N3O4S/c1-10-7-15(20)18(16(10)21)11-4-5-13(14(8-11)19(22)23)17-9-12-3-2-6-24-12/h2-6,8,10,17H,7,9H2,1H3/t10-/m0/s1. The molecule has 7 nitrogen and oxygen atoms in total. The van der Waals surface area contributed by atoms with Gasteiger partial charge in [0.15, 0.2) is 0 Å². The third-order valence-corrected chi connectivity index (χ3v) is 4.72. The largest absolute Gasteiger partial charge is 0.375 e. The number of benzene rings is 1. The van der Waals surface area contributed by atoms with Crippen molar-refractivity contribution < 1.29 is 14.5 Å². The zero-order chi connectivity index (χ0) is 17.3. The normalized spacial score (nSPS) is 17.4. The molecule has 1 atom stereocenters. The number of carbonyl (C=O) groups is 2. The molecule has 0 radical (unpaired) electrons. The van der Waals surface area contributed by atoms with E-state index in [1.807, 2.05) is 17.5 Å². The lowest BCUT2D eigenvalue weighted by molar-refractivity contribution is -0.383. The molecule has 2 amide bonds. The molecule has 1 aromatic heterocycles. The number of nitro groups is 1. The minimum atomic E-state index is -0.519. The van der Waals surface area contributed by atoms with Crippen LogP contribution >= 0.6 is 11.3 Å². The molecule has 24 heavy (non-hydrogen) atoms. The number of nitro benzene ring substituents is 1. The summed E-state index contributed by atoms with van der Waals surface area (Å²) < 4.78 is 0. The van der Waals surface area contributed by atoms with Gasteiger partial charge in [0.25, 0.3) is 5.69 Å². The highest BCUT2D eigenvalue weighted by Gasteiger charge is 2.37. The van der Waals surface area contributed by atoms with Crippen molar-refractivity contribution in [2.24, 2.45) is 5.92 Å². The van der Waals surface area contributed by atoms with Crippen LogP contribution in [0, 0.1) is 16.0 Å². The van der Waals surface area contributed by atoms with E-state index in [9.17, 15) is 19.7 Å². The molecule has 1 aliphatic rings. The van der Waals surface area contributed by atoms with E-state index in [2.05, 4.69) is 5.32 Å². The van der Waals surface area contributed by atoms with Gasteiger partial charge >= 0.3 is 0 Å². The summed E-state index contributed by atoms with van der Waals surface area (Å²) in [5.74, 6) is -1.05. The van der Waals surface area contributed by atoms with Crippen molar-refractivity contribution in [3.05, 3.63) is 50.7 Å². The highest BCUT2D eigenvalue weighted by Crippen LogP contribution is 2.33. The second kappa shape index (κ2) is 6.40. The summed E-state index contributed by atoms with van der Waals surface area (Å²) in [4.78, 5) is 37.0. The van der Waals surface area contributed by atoms with E-state index < -0.39 is 10.8 Å². The summed E-state index contributed by atoms with van der Waals surface area (Å²) in [6.07, 6.45) is 0.130. The maximum atomic E-state index is 12.1. The van der Waals surface area contributed by atoms with Crippen molar-refractivity contribution in [3.8, 4) is 0 Å². The van der Waals surface area contributed by atoms with E-state index >= 15 is 0 Å². The number of thiophene rings is 1. The number of imide groups is 1. The number of hydrogen-bond donors (Lipinski definition) is 1. The molecule has 124 valence electrons. The Morgan fingerprint density at radius 3 is 2.75 bits per heavy atom. The van der Waals surface area contributed by atoms with Gasteiger partial charge in [-0.25, -0.2) is 0 Å². The molecule has 0 saturated carbocycles. The molecule has 0 aliphatic carbocycles. The van der Waals surface area contributed by atoms with Crippen LogP contribution in [0.5, 0.6) is 0 Å². The van der Waals surface area contributed by atoms with Gasteiger partial charge in [0.2, 0.25) is 11.8 Å². The number of hydrogen-bond acceptors (Lipinski definition) is 6. The Labute approximate surface area is 142 Å². The Balaban J connectivity index is 1.88. The van der Waals surface area contributed by atoms with Crippen molar-refractivity contribution in [2.75, 3.05) is 10.2 Å². The van der Waals surface area contributed by atoms with Crippen molar-refractivity contribution >= 4 is 40.2 Å². The van der Waals surface area contributed by atoms with Gasteiger partial charge in [-0.2, -0.15) is 0 Å². The average molecular weight is 345 g/mol. The second-order valence-electron chi connectivity index (χ2n) is 5.56. The van der Waals surface area contributed by atoms with E-state index in [1.54, 1.807) is 24.3 Å². The van der Waals surface area contributed by atoms with Gasteiger partial charge in [0, 0.05) is 29.8 Å². The number of nitrogens with one attached hydrogen (secondary N) is 1. The van der Waals surface area contributed by atoms with Crippen LogP contribution < -0.4 is 10.2 Å². The van der Waals surface area contributed by atoms with E-state index in [0.29, 0.717) is 12.2 Å². The highest BCUT2D eigenvalue weighted by atomic mass is 32.1. The predicted octanol–water partition coefficient (Wildman–Crippen LogP) is 3.17. The first-order chi connectivity index (χ1) is 11.5. The van der Waals surface area contributed by atoms with E-state index in [0.717, 1.165) is 9.78 Å². The number of carbonyl (C=O) groups excluding carboxylic acids is 2. The molecule has 3 rings (SSSR count). The van der Waals surface area contributed by atoms with Crippen LogP contribution in [0.25, 0.3) is 0 Å². The van der Waals surface area contributed by atoms with Crippen LogP contribution in [0.4, 0.5) is 17.1 Å². The fraction of sp³-hybridized carbons (Fsp3) is 0.250. The fourth-order valence-corrected chi connectivity index (χ4v) is 3.25. The molecule has 2 heterocycles. The molecule has 1 aromatic carbocycles. The first-order valence-corrected chi connectivity index (χ1v) is 8.27. The summed E-state index contributed by atoms with van der Waals surface area (Å²) in [6, 6.07) is 8.19. The van der Waals surface area contributed by atoms with Crippen LogP contribution in [0.1, 0.15) is 18.2 Å². The lowest BCUT2D eigenvalue weighted by Crippen LogP contribution is -2.30. The molecule has 0 spiro atoms. The first kappa shape index (κ1) is 16.1. The lowest BCUT2D eigenvalue weighted by atomic mass is 10.1. The maximum Gasteiger partial charge on any atom is 0.294 e. The van der Waals surface area contributed by atoms with Crippen LogP contribution in [0.3, 0.4) is 0 Å². The summed E-state index contributed by atoms with van der Waals surface area (Å²) >= 11 is 1.55. The maximum absolute atomic E-state index is 12.1. The van der Waals surface area contributed by atoms with E-state index in [1.165, 1.54) is 12.1 Å². The smallest absolute Gasteiger partial charge is 0.294 e. The average Bonchev–Trinajstić information content (AvgIpc) is 3.14. The Hall–Kier alpha value is -2.74. The summed E-state index contributed by atoms with van der Waals surface area (Å²) in [6.45, 7) is 2.14. The quantitative estimate of drug-likeness (QED) is 0.510. The number of nitrogens with zero attached hydrogens (tertiary/aromatic N) is 2. The van der Waals surface area contributed by atoms with E-state index in [4.69, 9.17) is 0 Å². The summed E-state index contributed by atoms with van der Waals surface area (Å²) in [7, 11) is 0. The van der Waals surface area contributed by atoms with Gasteiger partial charge in [-0.15, -0.1) is 11.3 Å². The highest BCUT2D eigenvalue weighted by molar-refractivity contribution is 7.09. The third kappa shape index (κ3) is 3.00. The van der Waals surface area contributed by atoms with Gasteiger partial charge in [0.1, 0.15) is 5.69 Å². The molecule has 2 aromatic rings. The zero-order valence-corrected chi connectivity index (χ0v) is 13.7. The van der Waals surface area contributed by atoms with Gasteiger partial charge < -0.3 is 5.32 Å².